The van der Waals surface area contributed by atoms with Crippen LogP contribution in [0.4, 0.5) is 14.9 Å². The van der Waals surface area contributed by atoms with Gasteiger partial charge >= 0.3 is 6.09 Å². The summed E-state index contributed by atoms with van der Waals surface area (Å²) in [7, 11) is 0. The number of amides is 2. The number of carbonyl (C=O) groups excluding carboxylic acids is 1. The lowest BCUT2D eigenvalue weighted by Gasteiger charge is -2.42. The Balaban J connectivity index is 1.49. The van der Waals surface area contributed by atoms with Gasteiger partial charge in [-0.1, -0.05) is 29.8 Å². The predicted molar refractivity (Wildman–Crippen MR) is 122 cm³/mol. The van der Waals surface area contributed by atoms with E-state index in [1.165, 1.54) is 17.0 Å². The fourth-order valence-electron chi connectivity index (χ4n) is 4.81. The van der Waals surface area contributed by atoms with Crippen LogP contribution in [0.5, 0.6) is 0 Å². The van der Waals surface area contributed by atoms with E-state index in [1.807, 2.05) is 30.0 Å². The molecule has 2 fully saturated rings. The maximum absolute atomic E-state index is 13.5. The maximum Gasteiger partial charge on any atom is 0.407 e. The fourth-order valence-corrected chi connectivity index (χ4v) is 4.98. The maximum atomic E-state index is 13.5. The van der Waals surface area contributed by atoms with Crippen molar-refractivity contribution in [2.24, 2.45) is 5.92 Å². The summed E-state index contributed by atoms with van der Waals surface area (Å²) in [4.78, 5) is 30.5. The topological polar surface area (TPSA) is 64.1 Å². The van der Waals surface area contributed by atoms with Crippen molar-refractivity contribution in [1.82, 2.24) is 9.80 Å². The van der Waals surface area contributed by atoms with Crippen molar-refractivity contribution < 1.29 is 19.1 Å². The quantitative estimate of drug-likeness (QED) is 0.746. The van der Waals surface area contributed by atoms with Crippen molar-refractivity contribution in [3.8, 4) is 0 Å². The van der Waals surface area contributed by atoms with Gasteiger partial charge in [0.2, 0.25) is 5.91 Å². The van der Waals surface area contributed by atoms with Crippen molar-refractivity contribution >= 4 is 29.3 Å². The number of aryl methyl sites for hydroxylation is 1. The van der Waals surface area contributed by atoms with Crippen LogP contribution in [0.2, 0.25) is 5.02 Å². The second-order valence-electron chi connectivity index (χ2n) is 8.52. The molecule has 2 atom stereocenters. The largest absolute Gasteiger partial charge is 0.465 e. The number of hydrogen-bond acceptors (Lipinski definition) is 3. The van der Waals surface area contributed by atoms with E-state index < -0.39 is 12.0 Å². The first-order valence-electron chi connectivity index (χ1n) is 10.9. The molecule has 0 spiro atoms. The van der Waals surface area contributed by atoms with Crippen molar-refractivity contribution in [2.45, 2.75) is 19.3 Å². The summed E-state index contributed by atoms with van der Waals surface area (Å²) in [5, 5.41) is 10.2. The minimum atomic E-state index is -1.01. The summed E-state index contributed by atoms with van der Waals surface area (Å²) < 4.78 is 13.4. The first-order chi connectivity index (χ1) is 15.3. The third-order valence-electron chi connectivity index (χ3n) is 6.60. The van der Waals surface area contributed by atoms with E-state index in [2.05, 4.69) is 4.90 Å². The molecule has 0 bridgehead atoms. The number of hydrogen-bond donors (Lipinski definition) is 1. The number of carboxylic acid groups (broad SMARTS) is 1. The van der Waals surface area contributed by atoms with Crippen LogP contribution in [0, 0.1) is 18.7 Å². The van der Waals surface area contributed by atoms with E-state index in [-0.39, 0.29) is 24.2 Å². The minimum Gasteiger partial charge on any atom is -0.465 e. The van der Waals surface area contributed by atoms with Gasteiger partial charge in [0.15, 0.2) is 0 Å². The molecule has 2 aromatic rings. The predicted octanol–water partition coefficient (Wildman–Crippen LogP) is 4.22. The highest BCUT2D eigenvalue weighted by Gasteiger charge is 2.39. The Morgan fingerprint density at radius 1 is 1.00 bits per heavy atom. The normalized spacial score (nSPS) is 21.5. The number of benzene rings is 2. The van der Waals surface area contributed by atoms with E-state index in [0.717, 1.165) is 16.8 Å². The Morgan fingerprint density at radius 2 is 1.69 bits per heavy atom. The molecule has 2 heterocycles. The molecule has 4 rings (SSSR count). The van der Waals surface area contributed by atoms with Crippen LogP contribution in [0.25, 0.3) is 0 Å². The van der Waals surface area contributed by atoms with E-state index in [9.17, 15) is 19.1 Å². The number of piperazine rings is 1. The summed E-state index contributed by atoms with van der Waals surface area (Å²) in [6.45, 7) is 5.05. The Bertz CT molecular complexity index is 992. The SMILES string of the molecule is Cc1ccc(Cl)cc1N1CCN(C(=O)[C@@H]2CN(C(=O)O)CC[C@H]2c2ccc(F)cc2)CC1. The van der Waals surface area contributed by atoms with Crippen LogP contribution < -0.4 is 4.90 Å². The Kier molecular flexibility index (Phi) is 6.55. The number of carbonyl (C=O) groups is 2. The average molecular weight is 460 g/mol. The highest BCUT2D eigenvalue weighted by atomic mass is 35.5. The molecule has 170 valence electrons. The van der Waals surface area contributed by atoms with Gasteiger partial charge in [0, 0.05) is 50.0 Å². The number of anilines is 1. The molecule has 6 nitrogen and oxygen atoms in total. The Labute approximate surface area is 192 Å². The standard InChI is InChI=1S/C24H27ClFN3O3/c1-16-2-5-18(25)14-22(16)27-10-12-28(13-11-27)23(30)21-15-29(24(31)32)9-8-20(21)17-3-6-19(26)7-4-17/h2-7,14,20-21H,8-13,15H2,1H3,(H,31,32)/t20-,21+/m0/s1. The van der Waals surface area contributed by atoms with Crippen LogP contribution in [0.3, 0.4) is 0 Å². The van der Waals surface area contributed by atoms with Gasteiger partial charge in [-0.3, -0.25) is 4.79 Å². The Hall–Kier alpha value is -2.80. The third kappa shape index (κ3) is 4.67. The van der Waals surface area contributed by atoms with Gasteiger partial charge in [-0.05, 0) is 54.7 Å². The average Bonchev–Trinajstić information content (AvgIpc) is 2.80. The van der Waals surface area contributed by atoms with Crippen molar-refractivity contribution in [3.05, 3.63) is 64.4 Å². The van der Waals surface area contributed by atoms with Crippen molar-refractivity contribution in [3.63, 3.8) is 0 Å². The molecule has 0 radical (unpaired) electrons. The molecule has 0 saturated carbocycles. The molecular formula is C24H27ClFN3O3. The summed E-state index contributed by atoms with van der Waals surface area (Å²) in [6, 6.07) is 12.0. The fraction of sp³-hybridized carbons (Fsp3) is 0.417. The highest BCUT2D eigenvalue weighted by Crippen LogP contribution is 2.35. The number of rotatable bonds is 3. The zero-order valence-corrected chi connectivity index (χ0v) is 18.8. The third-order valence-corrected chi connectivity index (χ3v) is 6.84. The molecule has 0 unspecified atom stereocenters. The molecule has 0 aromatic heterocycles. The molecule has 2 aliphatic heterocycles. The van der Waals surface area contributed by atoms with Crippen LogP contribution in [-0.4, -0.2) is 66.2 Å². The van der Waals surface area contributed by atoms with Gasteiger partial charge in [0.25, 0.3) is 0 Å². The summed E-state index contributed by atoms with van der Waals surface area (Å²) in [5.41, 5.74) is 3.08. The van der Waals surface area contributed by atoms with Crippen LogP contribution >= 0.6 is 11.6 Å². The molecule has 2 amide bonds. The van der Waals surface area contributed by atoms with Crippen LogP contribution in [0.1, 0.15) is 23.5 Å². The molecule has 2 aliphatic rings. The summed E-state index contributed by atoms with van der Waals surface area (Å²) >= 11 is 6.17. The highest BCUT2D eigenvalue weighted by molar-refractivity contribution is 6.30. The van der Waals surface area contributed by atoms with E-state index in [1.54, 1.807) is 12.1 Å². The van der Waals surface area contributed by atoms with Gasteiger partial charge in [-0.15, -0.1) is 0 Å². The van der Waals surface area contributed by atoms with Crippen molar-refractivity contribution in [2.75, 3.05) is 44.2 Å². The van der Waals surface area contributed by atoms with Gasteiger partial charge in [0.05, 0.1) is 5.92 Å². The number of nitrogens with zero attached hydrogens (tertiary/aromatic N) is 3. The van der Waals surface area contributed by atoms with E-state index >= 15 is 0 Å². The van der Waals surface area contributed by atoms with Crippen molar-refractivity contribution in [1.29, 1.82) is 0 Å². The summed E-state index contributed by atoms with van der Waals surface area (Å²) in [6.07, 6.45) is -0.475. The Morgan fingerprint density at radius 3 is 2.34 bits per heavy atom. The minimum absolute atomic E-state index is 0.0345. The number of piperidine rings is 1. The van der Waals surface area contributed by atoms with E-state index in [0.29, 0.717) is 44.2 Å². The number of likely N-dealkylation sites (tertiary alicyclic amines) is 1. The molecule has 1 N–H and O–H groups in total. The second kappa shape index (κ2) is 9.36. The smallest absolute Gasteiger partial charge is 0.407 e. The van der Waals surface area contributed by atoms with Gasteiger partial charge in [0.1, 0.15) is 5.82 Å². The lowest BCUT2D eigenvalue weighted by atomic mass is 9.79. The van der Waals surface area contributed by atoms with Gasteiger partial charge in [-0.25, -0.2) is 9.18 Å². The van der Waals surface area contributed by atoms with Gasteiger partial charge < -0.3 is 19.8 Å². The van der Waals surface area contributed by atoms with E-state index in [4.69, 9.17) is 11.6 Å². The second-order valence-corrected chi connectivity index (χ2v) is 8.96. The molecule has 2 aromatic carbocycles. The molecule has 0 aliphatic carbocycles. The monoisotopic (exact) mass is 459 g/mol. The lowest BCUT2D eigenvalue weighted by Crippen LogP contribution is -2.54. The molecule has 8 heteroatoms. The first-order valence-corrected chi connectivity index (χ1v) is 11.2. The van der Waals surface area contributed by atoms with Crippen LogP contribution in [-0.2, 0) is 4.79 Å². The first kappa shape index (κ1) is 22.4. The van der Waals surface area contributed by atoms with Gasteiger partial charge in [-0.2, -0.15) is 0 Å². The molecule has 32 heavy (non-hydrogen) atoms. The molecule has 2 saturated heterocycles. The number of halogens is 2. The summed E-state index contributed by atoms with van der Waals surface area (Å²) in [5.74, 6) is -0.976. The molecular weight excluding hydrogens is 433 g/mol. The zero-order chi connectivity index (χ0) is 22.8. The zero-order valence-electron chi connectivity index (χ0n) is 18.0. The van der Waals surface area contributed by atoms with Crippen LogP contribution in [0.15, 0.2) is 42.5 Å². The lowest BCUT2D eigenvalue weighted by molar-refractivity contribution is -0.138.